The average Bonchev–Trinajstić information content (AvgIpc) is 3.26. The summed E-state index contributed by atoms with van der Waals surface area (Å²) in [4.78, 5) is 12.0. The Morgan fingerprint density at radius 2 is 1.95 bits per heavy atom. The van der Waals surface area contributed by atoms with Gasteiger partial charge in [0, 0.05) is 12.1 Å². The van der Waals surface area contributed by atoms with Crippen molar-refractivity contribution in [3.63, 3.8) is 0 Å². The van der Waals surface area contributed by atoms with E-state index < -0.39 is 5.82 Å². The number of carbonyl (C=O) groups excluding carboxylic acids is 1. The standard InChI is InChI=1S/C15H17BrFNO/c16-13-6-5-11(7-14(13)17)15(19)18-8-12(9-1-2-9)10-3-4-10/h5-7,9-10,12H,1-4,8H2,(H,18,19). The van der Waals surface area contributed by atoms with Gasteiger partial charge in [0.15, 0.2) is 0 Å². The maximum absolute atomic E-state index is 13.4. The monoisotopic (exact) mass is 325 g/mol. The van der Waals surface area contributed by atoms with Gasteiger partial charge in [0.05, 0.1) is 4.47 Å². The summed E-state index contributed by atoms with van der Waals surface area (Å²) < 4.78 is 13.8. The molecule has 4 heteroatoms. The lowest BCUT2D eigenvalue weighted by atomic mass is 9.98. The van der Waals surface area contributed by atoms with Crippen molar-refractivity contribution in [1.82, 2.24) is 5.32 Å². The van der Waals surface area contributed by atoms with Crippen LogP contribution in [-0.2, 0) is 0 Å². The van der Waals surface area contributed by atoms with Crippen LogP contribution in [0.5, 0.6) is 0 Å². The summed E-state index contributed by atoms with van der Waals surface area (Å²) in [6, 6.07) is 4.50. The number of halogens is 2. The van der Waals surface area contributed by atoms with Crippen molar-refractivity contribution in [3.05, 3.63) is 34.1 Å². The first-order valence-electron chi connectivity index (χ1n) is 6.88. The normalized spacial score (nSPS) is 18.7. The van der Waals surface area contributed by atoms with E-state index in [1.807, 2.05) is 0 Å². The van der Waals surface area contributed by atoms with Gasteiger partial charge in [-0.1, -0.05) is 0 Å². The highest BCUT2D eigenvalue weighted by Gasteiger charge is 2.41. The van der Waals surface area contributed by atoms with Crippen molar-refractivity contribution in [2.75, 3.05) is 6.54 Å². The van der Waals surface area contributed by atoms with Crippen LogP contribution < -0.4 is 5.32 Å². The SMILES string of the molecule is O=C(NCC(C1CC1)C1CC1)c1ccc(Br)c(F)c1. The Balaban J connectivity index is 1.59. The van der Waals surface area contributed by atoms with Crippen LogP contribution in [0.3, 0.4) is 0 Å². The van der Waals surface area contributed by atoms with E-state index in [9.17, 15) is 9.18 Å². The minimum atomic E-state index is -0.395. The van der Waals surface area contributed by atoms with Gasteiger partial charge in [-0.05, 0) is 77.6 Å². The zero-order chi connectivity index (χ0) is 13.4. The number of amides is 1. The first-order chi connectivity index (χ1) is 9.15. The summed E-state index contributed by atoms with van der Waals surface area (Å²) in [6.07, 6.45) is 5.24. The fourth-order valence-electron chi connectivity index (χ4n) is 2.72. The summed E-state index contributed by atoms with van der Waals surface area (Å²) in [5, 5.41) is 2.97. The number of carbonyl (C=O) groups is 1. The zero-order valence-corrected chi connectivity index (χ0v) is 12.2. The molecule has 19 heavy (non-hydrogen) atoms. The third-order valence-corrected chi connectivity index (χ3v) is 4.78. The Hall–Kier alpha value is -0.900. The molecule has 2 aliphatic rings. The second kappa shape index (κ2) is 5.23. The summed E-state index contributed by atoms with van der Waals surface area (Å²) >= 11 is 3.09. The molecule has 1 aromatic carbocycles. The van der Waals surface area contributed by atoms with Gasteiger partial charge >= 0.3 is 0 Å². The molecule has 102 valence electrons. The molecule has 1 N–H and O–H groups in total. The van der Waals surface area contributed by atoms with Crippen molar-refractivity contribution in [1.29, 1.82) is 0 Å². The molecule has 0 unspecified atom stereocenters. The van der Waals surface area contributed by atoms with Gasteiger partial charge in [-0.15, -0.1) is 0 Å². The van der Waals surface area contributed by atoms with Crippen molar-refractivity contribution >= 4 is 21.8 Å². The topological polar surface area (TPSA) is 29.1 Å². The van der Waals surface area contributed by atoms with E-state index in [1.54, 1.807) is 12.1 Å². The molecule has 1 amide bonds. The third-order valence-electron chi connectivity index (χ3n) is 4.14. The second-order valence-electron chi connectivity index (χ2n) is 5.68. The van der Waals surface area contributed by atoms with Crippen molar-refractivity contribution in [3.8, 4) is 0 Å². The minimum absolute atomic E-state index is 0.169. The molecule has 0 aromatic heterocycles. The number of hydrogen-bond donors (Lipinski definition) is 1. The largest absolute Gasteiger partial charge is 0.352 e. The molecule has 2 fully saturated rings. The molecular weight excluding hydrogens is 309 g/mol. The van der Waals surface area contributed by atoms with Crippen LogP contribution in [0.4, 0.5) is 4.39 Å². The van der Waals surface area contributed by atoms with Crippen molar-refractivity contribution < 1.29 is 9.18 Å². The molecule has 1 aromatic rings. The Kier molecular flexibility index (Phi) is 3.61. The highest BCUT2D eigenvalue weighted by Crippen LogP contribution is 2.48. The predicted molar refractivity (Wildman–Crippen MR) is 75.4 cm³/mol. The first-order valence-corrected chi connectivity index (χ1v) is 7.67. The van der Waals surface area contributed by atoms with Gasteiger partial charge in [0.2, 0.25) is 0 Å². The fraction of sp³-hybridized carbons (Fsp3) is 0.533. The Morgan fingerprint density at radius 1 is 1.32 bits per heavy atom. The predicted octanol–water partition coefficient (Wildman–Crippen LogP) is 3.75. The Labute approximate surface area is 120 Å². The van der Waals surface area contributed by atoms with Gasteiger partial charge in [-0.25, -0.2) is 4.39 Å². The van der Waals surface area contributed by atoms with Crippen LogP contribution in [0.25, 0.3) is 0 Å². The minimum Gasteiger partial charge on any atom is -0.352 e. The van der Waals surface area contributed by atoms with Crippen LogP contribution in [0.15, 0.2) is 22.7 Å². The lowest BCUT2D eigenvalue weighted by molar-refractivity contribution is 0.0943. The van der Waals surface area contributed by atoms with Crippen molar-refractivity contribution in [2.45, 2.75) is 25.7 Å². The lowest BCUT2D eigenvalue weighted by Gasteiger charge is -2.16. The van der Waals surface area contributed by atoms with E-state index >= 15 is 0 Å². The molecule has 2 nitrogen and oxygen atoms in total. The van der Waals surface area contributed by atoms with Crippen LogP contribution in [0.1, 0.15) is 36.0 Å². The van der Waals surface area contributed by atoms with E-state index in [1.165, 1.54) is 31.7 Å². The Bertz CT molecular complexity index is 485. The van der Waals surface area contributed by atoms with Crippen molar-refractivity contribution in [2.24, 2.45) is 17.8 Å². The smallest absolute Gasteiger partial charge is 0.251 e. The molecule has 2 saturated carbocycles. The second-order valence-corrected chi connectivity index (χ2v) is 6.53. The van der Waals surface area contributed by atoms with Gasteiger partial charge in [-0.2, -0.15) is 0 Å². The third kappa shape index (κ3) is 3.16. The van der Waals surface area contributed by atoms with E-state index in [2.05, 4.69) is 21.2 Å². The van der Waals surface area contributed by atoms with Gasteiger partial charge in [0.25, 0.3) is 5.91 Å². The highest BCUT2D eigenvalue weighted by atomic mass is 79.9. The number of hydrogen-bond acceptors (Lipinski definition) is 1. The van der Waals surface area contributed by atoms with Crippen LogP contribution in [0.2, 0.25) is 0 Å². The number of benzene rings is 1. The molecule has 0 spiro atoms. The molecular formula is C15H17BrFNO. The molecule has 0 atom stereocenters. The van der Waals surface area contributed by atoms with E-state index in [0.717, 1.165) is 18.4 Å². The average molecular weight is 326 g/mol. The summed E-state index contributed by atoms with van der Waals surface area (Å²) in [5.41, 5.74) is 0.394. The first kappa shape index (κ1) is 13.1. The van der Waals surface area contributed by atoms with Crippen LogP contribution >= 0.6 is 15.9 Å². The van der Waals surface area contributed by atoms with Crippen LogP contribution in [0, 0.1) is 23.6 Å². The molecule has 0 radical (unpaired) electrons. The summed E-state index contributed by atoms with van der Waals surface area (Å²) in [5.74, 6) is 1.71. The van der Waals surface area contributed by atoms with Gasteiger partial charge in [0.1, 0.15) is 5.82 Å². The molecule has 3 rings (SSSR count). The van der Waals surface area contributed by atoms with E-state index in [4.69, 9.17) is 0 Å². The van der Waals surface area contributed by atoms with Gasteiger partial charge in [-0.3, -0.25) is 4.79 Å². The van der Waals surface area contributed by atoms with E-state index in [0.29, 0.717) is 16.0 Å². The van der Waals surface area contributed by atoms with Gasteiger partial charge < -0.3 is 5.32 Å². The number of rotatable bonds is 5. The molecule has 0 heterocycles. The molecule has 2 aliphatic carbocycles. The maximum Gasteiger partial charge on any atom is 0.251 e. The van der Waals surface area contributed by atoms with E-state index in [-0.39, 0.29) is 5.91 Å². The highest BCUT2D eigenvalue weighted by molar-refractivity contribution is 9.10. The number of nitrogens with one attached hydrogen (secondary N) is 1. The lowest BCUT2D eigenvalue weighted by Crippen LogP contribution is -2.31. The molecule has 0 saturated heterocycles. The zero-order valence-electron chi connectivity index (χ0n) is 10.7. The van der Waals surface area contributed by atoms with Crippen LogP contribution in [-0.4, -0.2) is 12.5 Å². The summed E-state index contributed by atoms with van der Waals surface area (Å²) in [7, 11) is 0. The summed E-state index contributed by atoms with van der Waals surface area (Å²) in [6.45, 7) is 0.742. The molecule has 0 bridgehead atoms. The fourth-order valence-corrected chi connectivity index (χ4v) is 2.96. The Morgan fingerprint density at radius 3 is 2.47 bits per heavy atom. The molecule has 0 aliphatic heterocycles. The quantitative estimate of drug-likeness (QED) is 0.877. The maximum atomic E-state index is 13.4.